The van der Waals surface area contributed by atoms with E-state index in [0.717, 1.165) is 82.8 Å². The van der Waals surface area contributed by atoms with Gasteiger partial charge < -0.3 is 95.8 Å². The number of carboxylic acids is 1. The number of fused-ring (bicyclic) bond motifs is 1. The lowest BCUT2D eigenvalue weighted by molar-refractivity contribution is -0.157. The van der Waals surface area contributed by atoms with Crippen molar-refractivity contribution >= 4 is 94.7 Å². The number of thioether (sulfide) groups is 2. The lowest BCUT2D eigenvalue weighted by Gasteiger charge is -2.27. The summed E-state index contributed by atoms with van der Waals surface area (Å²) in [4.78, 5) is 158. The smallest absolute Gasteiger partial charge is 0.326 e. The highest BCUT2D eigenvalue weighted by Crippen LogP contribution is 2.33. The minimum Gasteiger partial charge on any atom is -0.480 e. The molecule has 688 valence electrons. The van der Waals surface area contributed by atoms with Crippen LogP contribution in [-0.2, 0) is 62.2 Å². The third-order valence-corrected chi connectivity index (χ3v) is 24.6. The van der Waals surface area contributed by atoms with Crippen molar-refractivity contribution in [1.29, 1.82) is 0 Å². The van der Waals surface area contributed by atoms with E-state index in [1.165, 1.54) is 127 Å². The number of urea groups is 1. The second-order valence-electron chi connectivity index (χ2n) is 32.6. The molecule has 32 heteroatoms. The number of rotatable bonds is 81. The Kier molecular flexibility index (Phi) is 67.3. The first kappa shape index (κ1) is 109. The van der Waals surface area contributed by atoms with Crippen LogP contribution in [0.1, 0.15) is 348 Å². The van der Waals surface area contributed by atoms with Crippen molar-refractivity contribution in [2.75, 3.05) is 69.7 Å². The van der Waals surface area contributed by atoms with E-state index in [2.05, 4.69) is 67.0 Å². The SMILES string of the molecule is CCCCCCCCCCCCCCCC(=O)OC[C@H](CSC[C@H](N)C(=O)N[C@@H](CO)C(=O)N[C@@H](CCCCN)C(=O)N[C@@H](CCCCN)C(=O)N[C@@H](CCCCN)C(=O)N[C@@H](CCCCNC(=O)CCCCCNC(=O)CCCCCNC(=O)CCCC[C@@H]1SC[C@@H]2NC(=O)N[C@@H]21)C(=O)O)OC(=O)CCCCCCCCCCCCCCC. The molecule has 2 aliphatic rings. The van der Waals surface area contributed by atoms with Crippen LogP contribution in [0.2, 0.25) is 0 Å². The Labute approximate surface area is 721 Å². The summed E-state index contributed by atoms with van der Waals surface area (Å²) in [6.07, 6.45) is 41.6. The van der Waals surface area contributed by atoms with Crippen LogP contribution in [0, 0.1) is 0 Å². The molecule has 0 spiro atoms. The topological polar surface area (TPSA) is 488 Å². The first-order valence-electron chi connectivity index (χ1n) is 46.3. The van der Waals surface area contributed by atoms with Gasteiger partial charge in [0.15, 0.2) is 0 Å². The zero-order valence-electron chi connectivity index (χ0n) is 73.1. The third kappa shape index (κ3) is 57.1. The number of aliphatic carboxylic acids is 1. The molecule has 20 N–H and O–H groups in total. The van der Waals surface area contributed by atoms with Gasteiger partial charge in [-0.05, 0) is 148 Å². The number of amides is 10. The van der Waals surface area contributed by atoms with Crippen molar-refractivity contribution in [3.05, 3.63) is 0 Å². The van der Waals surface area contributed by atoms with E-state index in [1.807, 2.05) is 11.8 Å². The number of aliphatic hydroxyl groups is 1. The first-order valence-corrected chi connectivity index (χ1v) is 48.5. The summed E-state index contributed by atoms with van der Waals surface area (Å²) >= 11 is 3.06. The molecule has 2 saturated heterocycles. The molecule has 0 saturated carbocycles. The van der Waals surface area contributed by atoms with E-state index in [4.69, 9.17) is 32.4 Å². The standard InChI is InChI=1S/C87H162N14O16S2/c1-3-5-7-9-11-13-15-17-19-21-23-25-31-53-78(106)116-62-66(117-79(107)54-32-26-24-22-20-18-16-14-12-10-8-6-4-2)63-118-64-67(91)81(108)99-72(61-102)85(112)97-69(46-36-40-56-89)83(110)95-68(45-35-39-55-88)82(109)96-70(47-37-41-57-90)84(111)98-71(86(113)114)48-38-44-60-94-76(104)51-30-28-42-58-92-75(103)50-29-27-43-59-93-77(105)52-34-33-49-74-80-73(65-119-74)100-87(115)101-80/h66-74,80,102H,3-65,88-91H2,1-2H3,(H,92,103)(H,93,105)(H,94,104)(H,95,110)(H,96,109)(H,97,112)(H,98,111)(H,99,108)(H,113,114)(H2,100,101,115)/t66-,67+,68+,69+,70+,71+,72+,73+,74+,80+/m1/s1. The Hall–Kier alpha value is -6.06. The monoisotopic (exact) mass is 1720 g/mol. The highest BCUT2D eigenvalue weighted by atomic mass is 32.2. The fourth-order valence-electron chi connectivity index (χ4n) is 14.6. The fraction of sp³-hybridized carbons (Fsp3) is 0.862. The van der Waals surface area contributed by atoms with Crippen LogP contribution >= 0.6 is 23.5 Å². The largest absolute Gasteiger partial charge is 0.480 e. The molecule has 10 atom stereocenters. The van der Waals surface area contributed by atoms with Crippen molar-refractivity contribution in [2.24, 2.45) is 22.9 Å². The van der Waals surface area contributed by atoms with Crippen LogP contribution < -0.4 is 76.1 Å². The van der Waals surface area contributed by atoms with Crippen LogP contribution in [0.25, 0.3) is 0 Å². The maximum atomic E-state index is 14.3. The highest BCUT2D eigenvalue weighted by Gasteiger charge is 2.43. The van der Waals surface area contributed by atoms with Crippen LogP contribution in [0.5, 0.6) is 0 Å². The molecule has 119 heavy (non-hydrogen) atoms. The molecule has 0 radical (unpaired) electrons. The van der Waals surface area contributed by atoms with E-state index >= 15 is 0 Å². The van der Waals surface area contributed by atoms with E-state index in [9.17, 15) is 67.7 Å². The minimum absolute atomic E-state index is 0.0114. The van der Waals surface area contributed by atoms with Gasteiger partial charge in [-0.3, -0.25) is 47.9 Å². The van der Waals surface area contributed by atoms with Crippen LogP contribution in [0.4, 0.5) is 4.79 Å². The van der Waals surface area contributed by atoms with E-state index in [0.29, 0.717) is 115 Å². The number of aliphatic hydroxyl groups excluding tert-OH is 1. The summed E-state index contributed by atoms with van der Waals surface area (Å²) in [6.45, 7) is 5.54. The second kappa shape index (κ2) is 73.5. The number of unbranched alkanes of at least 4 members (excludes halogenated alkanes) is 33. The van der Waals surface area contributed by atoms with Crippen LogP contribution in [-0.4, -0.2) is 211 Å². The van der Waals surface area contributed by atoms with Crippen LogP contribution in [0.15, 0.2) is 0 Å². The average Bonchev–Trinajstić information content (AvgIpc) is 1.67. The Morgan fingerprint density at radius 3 is 1.20 bits per heavy atom. The molecule has 2 heterocycles. The molecule has 2 aliphatic heterocycles. The van der Waals surface area contributed by atoms with Gasteiger partial charge in [0.25, 0.3) is 0 Å². The summed E-state index contributed by atoms with van der Waals surface area (Å²) in [5.74, 6) is -5.28. The Bertz CT molecular complexity index is 2770. The lowest BCUT2D eigenvalue weighted by atomic mass is 10.0. The summed E-state index contributed by atoms with van der Waals surface area (Å²) in [6, 6.07) is -7.71. The van der Waals surface area contributed by atoms with E-state index in [-0.39, 0.29) is 131 Å². The summed E-state index contributed by atoms with van der Waals surface area (Å²) in [7, 11) is 0. The zero-order chi connectivity index (χ0) is 87.1. The molecular weight excluding hydrogens is 1560 g/mol. The molecule has 30 nitrogen and oxygen atoms in total. The van der Waals surface area contributed by atoms with Gasteiger partial charge in [0, 0.05) is 74.2 Å². The predicted octanol–water partition coefficient (Wildman–Crippen LogP) is 9.72. The molecular formula is C87H162N14O16S2. The lowest BCUT2D eigenvalue weighted by Crippen LogP contribution is -2.59. The molecule has 0 unspecified atom stereocenters. The van der Waals surface area contributed by atoms with Crippen molar-refractivity contribution in [2.45, 2.75) is 407 Å². The molecule has 0 bridgehead atoms. The Morgan fingerprint density at radius 2 is 0.782 bits per heavy atom. The Morgan fingerprint density at radius 1 is 0.429 bits per heavy atom. The van der Waals surface area contributed by atoms with E-state index < -0.39 is 90.4 Å². The van der Waals surface area contributed by atoms with Gasteiger partial charge in [-0.1, -0.05) is 187 Å². The maximum Gasteiger partial charge on any atom is 0.326 e. The van der Waals surface area contributed by atoms with Gasteiger partial charge in [0.1, 0.15) is 42.9 Å². The van der Waals surface area contributed by atoms with E-state index in [1.54, 1.807) is 0 Å². The number of hydrogen-bond donors (Lipinski definition) is 16. The first-order chi connectivity index (χ1) is 57.7. The number of carboxylic acid groups (broad SMARTS) is 1. The van der Waals surface area contributed by atoms with Crippen molar-refractivity contribution in [1.82, 2.24) is 53.2 Å². The zero-order valence-corrected chi connectivity index (χ0v) is 74.7. The van der Waals surface area contributed by atoms with Gasteiger partial charge in [-0.2, -0.15) is 23.5 Å². The number of carbonyl (C=O) groups excluding carboxylic acids is 11. The van der Waals surface area contributed by atoms with Gasteiger partial charge in [0.05, 0.1) is 24.7 Å². The van der Waals surface area contributed by atoms with Crippen LogP contribution in [0.3, 0.4) is 0 Å². The van der Waals surface area contributed by atoms with Gasteiger partial charge in [-0.25, -0.2) is 9.59 Å². The molecule has 2 fully saturated rings. The normalized spacial score (nSPS) is 16.0. The minimum atomic E-state index is -1.57. The fourth-order valence-corrected chi connectivity index (χ4v) is 17.1. The molecule has 10 amide bonds. The second-order valence-corrected chi connectivity index (χ2v) is 35.0. The predicted molar refractivity (Wildman–Crippen MR) is 474 cm³/mol. The van der Waals surface area contributed by atoms with Crippen molar-refractivity contribution in [3.8, 4) is 0 Å². The highest BCUT2D eigenvalue weighted by molar-refractivity contribution is 8.00. The molecule has 0 aliphatic carbocycles. The Balaban J connectivity index is 1.91. The summed E-state index contributed by atoms with van der Waals surface area (Å²) in [5, 5.41) is 48.9. The number of hydrogen-bond acceptors (Lipinski definition) is 21. The summed E-state index contributed by atoms with van der Waals surface area (Å²) < 4.78 is 11.5. The molecule has 2 rings (SSSR count). The maximum absolute atomic E-state index is 14.3. The van der Waals surface area contributed by atoms with Gasteiger partial charge in [-0.15, -0.1) is 0 Å². The molecule has 0 aromatic carbocycles. The van der Waals surface area contributed by atoms with Crippen molar-refractivity contribution in [3.63, 3.8) is 0 Å². The number of nitrogens with two attached hydrogens (primary N) is 4. The number of nitrogens with one attached hydrogen (secondary N) is 10. The summed E-state index contributed by atoms with van der Waals surface area (Å²) in [5.41, 5.74) is 23.8. The van der Waals surface area contributed by atoms with Gasteiger partial charge >= 0.3 is 23.9 Å². The van der Waals surface area contributed by atoms with Gasteiger partial charge in [0.2, 0.25) is 47.3 Å². The number of carbonyl (C=O) groups is 12. The number of esters is 2. The average molecular weight is 1720 g/mol. The third-order valence-electron chi connectivity index (χ3n) is 21.9. The number of ether oxygens (including phenoxy) is 2. The van der Waals surface area contributed by atoms with Crippen molar-refractivity contribution < 1.29 is 77.2 Å². The quantitative estimate of drug-likeness (QED) is 0.0153. The molecule has 0 aromatic rings. The molecule has 0 aromatic heterocycles.